The maximum atomic E-state index is 13.7. The highest BCUT2D eigenvalue weighted by molar-refractivity contribution is 6.13. The van der Waals surface area contributed by atoms with Crippen molar-refractivity contribution in [3.8, 4) is 22.7 Å². The number of carbonyl (C=O) groups is 1. The molecule has 2 heterocycles. The normalized spacial score (nSPS) is 11.1. The molecule has 0 saturated carbocycles. The highest BCUT2D eigenvalue weighted by Gasteiger charge is 2.19. The van der Waals surface area contributed by atoms with Gasteiger partial charge in [-0.1, -0.05) is 29.3 Å². The van der Waals surface area contributed by atoms with E-state index in [1.807, 2.05) is 80.9 Å². The number of anilines is 1. The number of nitrogens with one attached hydrogen (secondary N) is 1. The number of aromatic nitrogens is 3. The van der Waals surface area contributed by atoms with Gasteiger partial charge in [-0.15, -0.1) is 0 Å². The van der Waals surface area contributed by atoms with E-state index < -0.39 is 0 Å². The van der Waals surface area contributed by atoms with Gasteiger partial charge in [-0.25, -0.2) is 9.67 Å². The van der Waals surface area contributed by atoms with Crippen molar-refractivity contribution in [1.29, 1.82) is 0 Å². The Kier molecular flexibility index (Phi) is 6.25. The molecule has 0 aliphatic rings. The highest BCUT2D eigenvalue weighted by Crippen LogP contribution is 2.30. The fourth-order valence-electron chi connectivity index (χ4n) is 4.87. The highest BCUT2D eigenvalue weighted by atomic mass is 16.5. The minimum atomic E-state index is -0.158. The number of fused-ring (bicyclic) bond motifs is 1. The number of hydrogen-bond donors (Lipinski definition) is 1. The van der Waals surface area contributed by atoms with E-state index in [0.717, 1.165) is 56.0 Å². The minimum absolute atomic E-state index is 0.158. The van der Waals surface area contributed by atoms with E-state index >= 15 is 0 Å². The Bertz CT molecular complexity index is 1630. The monoisotopic (exact) mass is 490 g/mol. The molecule has 1 amide bonds. The number of benzene rings is 3. The van der Waals surface area contributed by atoms with Gasteiger partial charge in [-0.3, -0.25) is 4.79 Å². The van der Waals surface area contributed by atoms with Crippen molar-refractivity contribution in [2.24, 2.45) is 0 Å². The van der Waals surface area contributed by atoms with Crippen LogP contribution in [-0.4, -0.2) is 27.8 Å². The first-order chi connectivity index (χ1) is 17.7. The summed E-state index contributed by atoms with van der Waals surface area (Å²) < 4.78 is 7.15. The zero-order valence-electron chi connectivity index (χ0n) is 22.0. The number of carbonyl (C=O) groups excluding carboxylic acids is 1. The van der Waals surface area contributed by atoms with Gasteiger partial charge in [0.2, 0.25) is 0 Å². The maximum Gasteiger partial charge on any atom is 0.256 e. The van der Waals surface area contributed by atoms with Crippen LogP contribution in [0.5, 0.6) is 5.75 Å². The van der Waals surface area contributed by atoms with Gasteiger partial charge in [0, 0.05) is 16.6 Å². The predicted octanol–water partition coefficient (Wildman–Crippen LogP) is 6.89. The van der Waals surface area contributed by atoms with Gasteiger partial charge in [-0.2, -0.15) is 5.10 Å². The molecule has 6 heteroatoms. The molecular weight excluding hydrogens is 460 g/mol. The summed E-state index contributed by atoms with van der Waals surface area (Å²) in [5.41, 5.74) is 9.94. The van der Waals surface area contributed by atoms with E-state index in [1.54, 1.807) is 13.3 Å². The Balaban J connectivity index is 1.60. The Morgan fingerprint density at radius 1 is 0.865 bits per heavy atom. The van der Waals surface area contributed by atoms with Crippen molar-refractivity contribution in [2.75, 3.05) is 12.4 Å². The second-order valence-electron chi connectivity index (χ2n) is 9.56. The number of amides is 1. The van der Waals surface area contributed by atoms with Crippen molar-refractivity contribution >= 4 is 22.5 Å². The maximum absolute atomic E-state index is 13.7. The third kappa shape index (κ3) is 4.58. The summed E-state index contributed by atoms with van der Waals surface area (Å²) >= 11 is 0. The molecule has 2 aromatic heterocycles. The zero-order chi connectivity index (χ0) is 26.3. The molecule has 0 bridgehead atoms. The van der Waals surface area contributed by atoms with Crippen LogP contribution in [0.25, 0.3) is 27.8 Å². The Labute approximate surface area is 216 Å². The van der Waals surface area contributed by atoms with Gasteiger partial charge in [0.15, 0.2) is 0 Å². The van der Waals surface area contributed by atoms with E-state index in [2.05, 4.69) is 29.5 Å². The summed E-state index contributed by atoms with van der Waals surface area (Å²) in [5, 5.41) is 8.61. The molecule has 0 fully saturated rings. The molecule has 186 valence electrons. The quantitative estimate of drug-likeness (QED) is 0.291. The molecule has 0 saturated heterocycles. The van der Waals surface area contributed by atoms with Crippen molar-refractivity contribution in [1.82, 2.24) is 14.8 Å². The topological polar surface area (TPSA) is 69.0 Å². The lowest BCUT2D eigenvalue weighted by molar-refractivity contribution is 0.102. The summed E-state index contributed by atoms with van der Waals surface area (Å²) in [6.45, 7) is 10.1. The summed E-state index contributed by atoms with van der Waals surface area (Å²) in [7, 11) is 1.65. The fourth-order valence-corrected chi connectivity index (χ4v) is 4.87. The van der Waals surface area contributed by atoms with Gasteiger partial charge < -0.3 is 10.1 Å². The van der Waals surface area contributed by atoms with E-state index in [0.29, 0.717) is 11.3 Å². The molecule has 0 unspecified atom stereocenters. The SMILES string of the molecule is COc1ccc(-n2ncc(-c3cc(C(=O)Nc4c(C)cc(C)cc4C)c4cc(C)ccc4n3)c2C)cc1. The number of rotatable bonds is 5. The number of aryl methyl sites for hydroxylation is 4. The summed E-state index contributed by atoms with van der Waals surface area (Å²) in [6.07, 6.45) is 1.80. The second kappa shape index (κ2) is 9.54. The average Bonchev–Trinajstić information content (AvgIpc) is 3.26. The van der Waals surface area contributed by atoms with Crippen LogP contribution in [0, 0.1) is 34.6 Å². The van der Waals surface area contributed by atoms with Crippen molar-refractivity contribution in [3.05, 3.63) is 100 Å². The summed E-state index contributed by atoms with van der Waals surface area (Å²) in [5.74, 6) is 0.629. The molecule has 0 aliphatic carbocycles. The number of ether oxygens (including phenoxy) is 1. The van der Waals surface area contributed by atoms with Crippen molar-refractivity contribution < 1.29 is 9.53 Å². The second-order valence-corrected chi connectivity index (χ2v) is 9.56. The number of methoxy groups -OCH3 is 1. The lowest BCUT2D eigenvalue weighted by atomic mass is 10.0. The van der Waals surface area contributed by atoms with Crippen LogP contribution >= 0.6 is 0 Å². The molecule has 5 rings (SSSR count). The average molecular weight is 491 g/mol. The molecule has 5 aromatic rings. The van der Waals surface area contributed by atoms with Crippen LogP contribution in [0.4, 0.5) is 5.69 Å². The van der Waals surface area contributed by atoms with Gasteiger partial charge in [0.25, 0.3) is 5.91 Å². The largest absolute Gasteiger partial charge is 0.497 e. The first-order valence-electron chi connectivity index (χ1n) is 12.2. The number of hydrogen-bond acceptors (Lipinski definition) is 4. The van der Waals surface area contributed by atoms with Crippen LogP contribution in [0.3, 0.4) is 0 Å². The van der Waals surface area contributed by atoms with Crippen LogP contribution in [0.2, 0.25) is 0 Å². The predicted molar refractivity (Wildman–Crippen MR) is 149 cm³/mol. The summed E-state index contributed by atoms with van der Waals surface area (Å²) in [4.78, 5) is 18.6. The number of pyridine rings is 1. The minimum Gasteiger partial charge on any atom is -0.497 e. The first kappa shape index (κ1) is 24.3. The molecule has 3 aromatic carbocycles. The smallest absolute Gasteiger partial charge is 0.256 e. The Morgan fingerprint density at radius 2 is 1.57 bits per heavy atom. The van der Waals surface area contributed by atoms with Gasteiger partial charge in [-0.05, 0) is 88.2 Å². The molecule has 6 nitrogen and oxygen atoms in total. The van der Waals surface area contributed by atoms with Crippen LogP contribution in [0.1, 0.15) is 38.3 Å². The Hall–Kier alpha value is -4.45. The van der Waals surface area contributed by atoms with E-state index in [1.165, 1.54) is 5.56 Å². The molecule has 37 heavy (non-hydrogen) atoms. The molecule has 0 radical (unpaired) electrons. The van der Waals surface area contributed by atoms with Gasteiger partial charge in [0.05, 0.1) is 41.5 Å². The van der Waals surface area contributed by atoms with Gasteiger partial charge >= 0.3 is 0 Å². The van der Waals surface area contributed by atoms with Crippen LogP contribution < -0.4 is 10.1 Å². The zero-order valence-corrected chi connectivity index (χ0v) is 22.0. The third-order valence-electron chi connectivity index (χ3n) is 6.73. The number of nitrogens with zero attached hydrogens (tertiary/aromatic N) is 3. The van der Waals surface area contributed by atoms with E-state index in [4.69, 9.17) is 9.72 Å². The van der Waals surface area contributed by atoms with Crippen molar-refractivity contribution in [3.63, 3.8) is 0 Å². The molecular formula is C31H30N4O2. The lowest BCUT2D eigenvalue weighted by Gasteiger charge is -2.15. The first-order valence-corrected chi connectivity index (χ1v) is 12.2. The lowest BCUT2D eigenvalue weighted by Crippen LogP contribution is -2.15. The van der Waals surface area contributed by atoms with Crippen LogP contribution in [0.15, 0.2) is 66.9 Å². The molecule has 1 N–H and O–H groups in total. The van der Waals surface area contributed by atoms with E-state index in [9.17, 15) is 4.79 Å². The standard InChI is InChI=1S/C31H30N4O2/c1-18-7-12-28-25(15-18)26(31(36)34-30-20(3)13-19(2)14-21(30)4)16-29(33-28)27-17-32-35(22(27)5)23-8-10-24(37-6)11-9-23/h7-17H,1-6H3,(H,34,36). The van der Waals surface area contributed by atoms with Gasteiger partial charge in [0.1, 0.15) is 5.75 Å². The molecule has 0 spiro atoms. The van der Waals surface area contributed by atoms with Crippen LogP contribution in [-0.2, 0) is 0 Å². The third-order valence-corrected chi connectivity index (χ3v) is 6.73. The van der Waals surface area contributed by atoms with E-state index in [-0.39, 0.29) is 5.91 Å². The Morgan fingerprint density at radius 3 is 2.24 bits per heavy atom. The van der Waals surface area contributed by atoms with Crippen molar-refractivity contribution in [2.45, 2.75) is 34.6 Å². The summed E-state index contributed by atoms with van der Waals surface area (Å²) in [6, 6.07) is 19.8. The molecule has 0 aliphatic heterocycles. The molecule has 0 atom stereocenters. The fraction of sp³-hybridized carbons (Fsp3) is 0.194.